The number of carbonyl (C=O) groups is 2. The lowest BCUT2D eigenvalue weighted by atomic mass is 10.1. The summed E-state index contributed by atoms with van der Waals surface area (Å²) >= 11 is 1.59. The van der Waals surface area contributed by atoms with Crippen molar-refractivity contribution in [1.29, 1.82) is 0 Å². The summed E-state index contributed by atoms with van der Waals surface area (Å²) in [5, 5.41) is 2.84. The van der Waals surface area contributed by atoms with Crippen molar-refractivity contribution < 1.29 is 14.0 Å². The highest BCUT2D eigenvalue weighted by Gasteiger charge is 2.31. The van der Waals surface area contributed by atoms with Crippen LogP contribution >= 0.6 is 11.8 Å². The van der Waals surface area contributed by atoms with Crippen molar-refractivity contribution in [3.8, 4) is 0 Å². The molecule has 1 aromatic heterocycles. The lowest BCUT2D eigenvalue weighted by Crippen LogP contribution is -2.48. The van der Waals surface area contributed by atoms with E-state index in [1.165, 1.54) is 11.8 Å². The number of carbonyl (C=O) groups excluding carboxylic acids is 2. The maximum absolute atomic E-state index is 13.1. The highest BCUT2D eigenvalue weighted by Crippen LogP contribution is 2.38. The first-order valence-corrected chi connectivity index (χ1v) is 11.1. The Labute approximate surface area is 184 Å². The molecule has 0 saturated heterocycles. The quantitative estimate of drug-likeness (QED) is 0.682. The average molecular weight is 432 g/mol. The third kappa shape index (κ3) is 3.88. The predicted molar refractivity (Wildman–Crippen MR) is 120 cm³/mol. The predicted octanol–water partition coefficient (Wildman–Crippen LogP) is 3.70. The van der Waals surface area contributed by atoms with Gasteiger partial charge < -0.3 is 14.6 Å². The molecule has 0 radical (unpaired) electrons. The van der Waals surface area contributed by atoms with Crippen LogP contribution in [0.1, 0.15) is 33.1 Å². The number of aromatic nitrogens is 1. The Bertz CT molecular complexity index is 1190. The Morgan fingerprint density at radius 2 is 2.13 bits per heavy atom. The molecule has 2 amide bonds. The molecule has 2 aromatic carbocycles. The molecule has 1 aliphatic carbocycles. The molecule has 0 bridgehead atoms. The molecule has 0 unspecified atom stereocenters. The molecule has 0 saturated carbocycles. The van der Waals surface area contributed by atoms with Gasteiger partial charge in [0.05, 0.1) is 5.69 Å². The Morgan fingerprint density at radius 1 is 1.29 bits per heavy atom. The minimum atomic E-state index is -0.644. The number of nitrogens with one attached hydrogen (secondary N) is 1. The number of nitrogens with zero attached hydrogens (tertiary/aromatic N) is 2. The Hall–Kier alpha value is -3.32. The number of allylic oxidation sites excluding steroid dienone is 1. The van der Waals surface area contributed by atoms with Gasteiger partial charge in [0.15, 0.2) is 11.6 Å². The van der Waals surface area contributed by atoms with Crippen LogP contribution in [0.3, 0.4) is 0 Å². The number of benzene rings is 2. The van der Waals surface area contributed by atoms with Gasteiger partial charge in [0, 0.05) is 24.1 Å². The van der Waals surface area contributed by atoms with Gasteiger partial charge in [-0.3, -0.25) is 9.59 Å². The van der Waals surface area contributed by atoms with Crippen molar-refractivity contribution in [2.45, 2.75) is 23.8 Å². The van der Waals surface area contributed by atoms with Gasteiger partial charge in [0.2, 0.25) is 5.91 Å². The van der Waals surface area contributed by atoms with E-state index in [0.717, 1.165) is 28.1 Å². The summed E-state index contributed by atoms with van der Waals surface area (Å²) in [5.74, 6) is 0.370. The lowest BCUT2D eigenvalue weighted by Gasteiger charge is -2.21. The number of fused-ring (bicyclic) bond motifs is 2. The van der Waals surface area contributed by atoms with Gasteiger partial charge in [0.1, 0.15) is 12.3 Å². The molecule has 156 valence electrons. The van der Waals surface area contributed by atoms with Gasteiger partial charge in [-0.25, -0.2) is 4.98 Å². The smallest absolute Gasteiger partial charge is 0.273 e. The molecular weight excluding hydrogens is 410 g/mol. The first kappa shape index (κ1) is 19.6. The highest BCUT2D eigenvalue weighted by molar-refractivity contribution is 7.99. The van der Waals surface area contributed by atoms with Crippen LogP contribution in [0.5, 0.6) is 0 Å². The van der Waals surface area contributed by atoms with Gasteiger partial charge in [-0.1, -0.05) is 42.5 Å². The number of hydrogen-bond donors (Lipinski definition) is 1. The van der Waals surface area contributed by atoms with Crippen LogP contribution in [0.4, 0.5) is 5.69 Å². The zero-order chi connectivity index (χ0) is 21.4. The second-order valence-electron chi connectivity index (χ2n) is 7.65. The normalized spacial score (nSPS) is 17.3. The molecule has 0 fully saturated rings. The molecule has 3 aromatic rings. The van der Waals surface area contributed by atoms with Crippen LogP contribution in [-0.2, 0) is 17.6 Å². The van der Waals surface area contributed by atoms with Crippen molar-refractivity contribution in [2.75, 3.05) is 17.7 Å². The minimum absolute atomic E-state index is 0.144. The SMILES string of the molecule is CN1C(=O)[C@@H](NC(=O)c2coc(Cc3ccccc3)n2)CSc2cc3c(cc21)C=CC3. The Morgan fingerprint density at radius 3 is 2.97 bits per heavy atom. The van der Waals surface area contributed by atoms with Crippen molar-refractivity contribution in [3.05, 3.63) is 83.1 Å². The molecule has 1 atom stereocenters. The topological polar surface area (TPSA) is 75.4 Å². The zero-order valence-electron chi connectivity index (χ0n) is 17.0. The van der Waals surface area contributed by atoms with Crippen LogP contribution in [-0.4, -0.2) is 35.6 Å². The number of thioether (sulfide) groups is 1. The number of likely N-dealkylation sites (N-methyl/N-ethyl adjacent to an activating group) is 1. The molecule has 2 heterocycles. The molecule has 6 nitrogen and oxygen atoms in total. The summed E-state index contributed by atoms with van der Waals surface area (Å²) in [6.07, 6.45) is 6.98. The number of amides is 2. The van der Waals surface area contributed by atoms with E-state index in [1.807, 2.05) is 30.3 Å². The fourth-order valence-corrected chi connectivity index (χ4v) is 4.99. The van der Waals surface area contributed by atoms with Gasteiger partial charge in [-0.05, 0) is 35.2 Å². The number of oxazole rings is 1. The van der Waals surface area contributed by atoms with Gasteiger partial charge in [0.25, 0.3) is 5.91 Å². The maximum atomic E-state index is 13.1. The first-order valence-electron chi connectivity index (χ1n) is 10.1. The van der Waals surface area contributed by atoms with E-state index in [1.54, 1.807) is 23.7 Å². The van der Waals surface area contributed by atoms with E-state index in [9.17, 15) is 9.59 Å². The Kier molecular flexibility index (Phi) is 5.11. The van der Waals surface area contributed by atoms with Gasteiger partial charge in [-0.2, -0.15) is 0 Å². The van der Waals surface area contributed by atoms with E-state index in [2.05, 4.69) is 34.6 Å². The van der Waals surface area contributed by atoms with Crippen LogP contribution in [0.15, 0.2) is 64.1 Å². The molecule has 2 aliphatic rings. The molecule has 1 N–H and O–H groups in total. The summed E-state index contributed by atoms with van der Waals surface area (Å²) < 4.78 is 5.47. The summed E-state index contributed by atoms with van der Waals surface area (Å²) in [7, 11) is 1.76. The van der Waals surface area contributed by atoms with Crippen LogP contribution in [0.25, 0.3) is 6.08 Å². The summed E-state index contributed by atoms with van der Waals surface area (Å²) in [5.41, 5.74) is 4.52. The van der Waals surface area contributed by atoms with E-state index in [4.69, 9.17) is 4.42 Å². The zero-order valence-corrected chi connectivity index (χ0v) is 17.8. The molecule has 1 aliphatic heterocycles. The third-order valence-electron chi connectivity index (χ3n) is 5.54. The number of rotatable bonds is 4. The van der Waals surface area contributed by atoms with E-state index >= 15 is 0 Å². The second-order valence-corrected chi connectivity index (χ2v) is 8.71. The largest absolute Gasteiger partial charge is 0.448 e. The van der Waals surface area contributed by atoms with Crippen LogP contribution in [0.2, 0.25) is 0 Å². The van der Waals surface area contributed by atoms with Gasteiger partial charge in [-0.15, -0.1) is 11.8 Å². The minimum Gasteiger partial charge on any atom is -0.448 e. The maximum Gasteiger partial charge on any atom is 0.273 e. The van der Waals surface area contributed by atoms with E-state index in [-0.39, 0.29) is 11.6 Å². The third-order valence-corrected chi connectivity index (χ3v) is 6.68. The molecule has 31 heavy (non-hydrogen) atoms. The average Bonchev–Trinajstić information content (AvgIpc) is 3.42. The van der Waals surface area contributed by atoms with Crippen molar-refractivity contribution in [1.82, 2.24) is 10.3 Å². The van der Waals surface area contributed by atoms with E-state index < -0.39 is 11.9 Å². The first-order chi connectivity index (χ1) is 15.1. The lowest BCUT2D eigenvalue weighted by molar-refractivity contribution is -0.119. The number of anilines is 1. The second kappa shape index (κ2) is 8.07. The molecular formula is C24H21N3O3S. The summed E-state index contributed by atoms with van der Waals surface area (Å²) in [6.45, 7) is 0. The van der Waals surface area contributed by atoms with Crippen LogP contribution in [0, 0.1) is 0 Å². The summed E-state index contributed by atoms with van der Waals surface area (Å²) in [4.78, 5) is 32.8. The van der Waals surface area contributed by atoms with Crippen LogP contribution < -0.4 is 10.2 Å². The molecule has 0 spiro atoms. The van der Waals surface area contributed by atoms with Crippen molar-refractivity contribution in [2.24, 2.45) is 0 Å². The standard InChI is InChI=1S/C24H21N3O3S/c1-27-20-11-16-8-5-9-17(16)12-21(20)31-14-19(24(27)29)26-23(28)18-13-30-22(25-18)10-15-6-3-2-4-7-15/h2-8,11-13,19H,9-10,14H2,1H3,(H,26,28)/t19-/m0/s1. The van der Waals surface area contributed by atoms with Crippen molar-refractivity contribution >= 4 is 35.3 Å². The molecule has 5 rings (SSSR count). The number of hydrogen-bond acceptors (Lipinski definition) is 5. The van der Waals surface area contributed by atoms with Crippen molar-refractivity contribution in [3.63, 3.8) is 0 Å². The fourth-order valence-electron chi connectivity index (χ4n) is 3.85. The molecule has 7 heteroatoms. The summed E-state index contributed by atoms with van der Waals surface area (Å²) in [6, 6.07) is 13.3. The highest BCUT2D eigenvalue weighted by atomic mass is 32.2. The Balaban J connectivity index is 1.30. The van der Waals surface area contributed by atoms with Gasteiger partial charge >= 0.3 is 0 Å². The monoisotopic (exact) mass is 431 g/mol. The van der Waals surface area contributed by atoms with E-state index in [0.29, 0.717) is 18.1 Å². The fraction of sp³-hybridized carbons (Fsp3) is 0.208.